The van der Waals surface area contributed by atoms with Crippen molar-refractivity contribution in [1.29, 1.82) is 0 Å². The SMILES string of the molecule is CCCc1cnc(-c2ccc(-c3ccc(CCCC(=O)O)cc3)cc2)nc1. The van der Waals surface area contributed by atoms with E-state index in [-0.39, 0.29) is 6.42 Å². The standard InChI is InChI=1S/C23H24N2O2/c1-2-4-18-15-24-23(25-16-18)21-13-11-20(12-14-21)19-9-7-17(8-10-19)5-3-6-22(26)27/h7-16H,2-6H2,1H3,(H,26,27). The molecule has 138 valence electrons. The van der Waals surface area contributed by atoms with E-state index in [1.807, 2.05) is 24.5 Å². The summed E-state index contributed by atoms with van der Waals surface area (Å²) in [5.41, 5.74) is 5.62. The third-order valence-corrected chi connectivity index (χ3v) is 4.53. The molecule has 0 amide bonds. The fraction of sp³-hybridized carbons (Fsp3) is 0.261. The van der Waals surface area contributed by atoms with Crippen molar-refractivity contribution in [1.82, 2.24) is 9.97 Å². The van der Waals surface area contributed by atoms with Crippen LogP contribution in [0.15, 0.2) is 60.9 Å². The summed E-state index contributed by atoms with van der Waals surface area (Å²) >= 11 is 0. The first-order valence-corrected chi connectivity index (χ1v) is 9.38. The summed E-state index contributed by atoms with van der Waals surface area (Å²) in [6.07, 6.45) is 7.58. The van der Waals surface area contributed by atoms with E-state index < -0.39 is 5.97 Å². The summed E-state index contributed by atoms with van der Waals surface area (Å²) in [7, 11) is 0. The Bertz CT molecular complexity index is 870. The van der Waals surface area contributed by atoms with Gasteiger partial charge in [-0.15, -0.1) is 0 Å². The molecule has 0 aliphatic rings. The van der Waals surface area contributed by atoms with Crippen LogP contribution in [-0.2, 0) is 17.6 Å². The number of hydrogen-bond donors (Lipinski definition) is 1. The second-order valence-electron chi connectivity index (χ2n) is 6.69. The van der Waals surface area contributed by atoms with Crippen LogP contribution in [0.25, 0.3) is 22.5 Å². The Labute approximate surface area is 159 Å². The molecule has 0 saturated heterocycles. The Kier molecular flexibility index (Phi) is 6.31. The highest BCUT2D eigenvalue weighted by Crippen LogP contribution is 2.24. The fourth-order valence-electron chi connectivity index (χ4n) is 3.04. The number of aliphatic carboxylic acids is 1. The van der Waals surface area contributed by atoms with Gasteiger partial charge in [0.05, 0.1) is 0 Å². The molecule has 1 aromatic heterocycles. The number of hydrogen-bond acceptors (Lipinski definition) is 3. The van der Waals surface area contributed by atoms with Gasteiger partial charge in [0, 0.05) is 24.4 Å². The number of carboxylic acid groups (broad SMARTS) is 1. The van der Waals surface area contributed by atoms with Gasteiger partial charge in [0.1, 0.15) is 0 Å². The lowest BCUT2D eigenvalue weighted by atomic mass is 10.0. The third kappa shape index (κ3) is 5.23. The molecule has 0 saturated carbocycles. The van der Waals surface area contributed by atoms with Gasteiger partial charge in [0.15, 0.2) is 5.82 Å². The van der Waals surface area contributed by atoms with Gasteiger partial charge in [-0.25, -0.2) is 9.97 Å². The van der Waals surface area contributed by atoms with Crippen molar-refractivity contribution in [3.8, 4) is 22.5 Å². The summed E-state index contributed by atoms with van der Waals surface area (Å²) in [6.45, 7) is 2.15. The first kappa shape index (κ1) is 18.8. The quantitative estimate of drug-likeness (QED) is 0.602. The Morgan fingerprint density at radius 2 is 1.37 bits per heavy atom. The molecule has 3 rings (SSSR count). The van der Waals surface area contributed by atoms with Crippen LogP contribution in [0, 0.1) is 0 Å². The zero-order valence-electron chi connectivity index (χ0n) is 15.6. The molecule has 0 aliphatic carbocycles. The molecular formula is C23H24N2O2. The van der Waals surface area contributed by atoms with Crippen molar-refractivity contribution < 1.29 is 9.90 Å². The zero-order valence-corrected chi connectivity index (χ0v) is 15.6. The van der Waals surface area contributed by atoms with Crippen molar-refractivity contribution in [2.45, 2.75) is 39.0 Å². The molecule has 4 heteroatoms. The maximum Gasteiger partial charge on any atom is 0.303 e. The Balaban J connectivity index is 1.66. The fourth-order valence-corrected chi connectivity index (χ4v) is 3.04. The molecule has 1 heterocycles. The van der Waals surface area contributed by atoms with E-state index in [2.05, 4.69) is 53.3 Å². The lowest BCUT2D eigenvalue weighted by molar-refractivity contribution is -0.137. The number of nitrogens with zero attached hydrogens (tertiary/aromatic N) is 2. The number of carbonyl (C=O) groups is 1. The minimum absolute atomic E-state index is 0.213. The minimum Gasteiger partial charge on any atom is -0.481 e. The molecule has 0 spiro atoms. The Hall–Kier alpha value is -3.01. The van der Waals surface area contributed by atoms with E-state index in [0.29, 0.717) is 6.42 Å². The molecule has 0 radical (unpaired) electrons. The van der Waals surface area contributed by atoms with Crippen molar-refractivity contribution in [3.05, 3.63) is 72.1 Å². The highest BCUT2D eigenvalue weighted by Gasteiger charge is 2.04. The van der Waals surface area contributed by atoms with Crippen LogP contribution in [-0.4, -0.2) is 21.0 Å². The topological polar surface area (TPSA) is 63.1 Å². The van der Waals surface area contributed by atoms with E-state index in [1.54, 1.807) is 0 Å². The normalized spacial score (nSPS) is 10.7. The molecule has 0 unspecified atom stereocenters. The molecule has 1 N–H and O–H groups in total. The minimum atomic E-state index is -0.740. The van der Waals surface area contributed by atoms with E-state index in [0.717, 1.165) is 47.3 Å². The summed E-state index contributed by atoms with van der Waals surface area (Å²) in [5.74, 6) is 0.00544. The first-order chi connectivity index (χ1) is 13.2. The van der Waals surface area contributed by atoms with Gasteiger partial charge in [-0.2, -0.15) is 0 Å². The molecule has 0 atom stereocenters. The van der Waals surface area contributed by atoms with Crippen LogP contribution in [0.5, 0.6) is 0 Å². The highest BCUT2D eigenvalue weighted by molar-refractivity contribution is 5.68. The molecule has 0 bridgehead atoms. The largest absolute Gasteiger partial charge is 0.481 e. The summed E-state index contributed by atoms with van der Waals surface area (Å²) < 4.78 is 0. The summed E-state index contributed by atoms with van der Waals surface area (Å²) in [4.78, 5) is 19.5. The van der Waals surface area contributed by atoms with Crippen molar-refractivity contribution in [2.24, 2.45) is 0 Å². The lowest BCUT2D eigenvalue weighted by Crippen LogP contribution is -1.95. The van der Waals surface area contributed by atoms with Gasteiger partial charge in [0.2, 0.25) is 0 Å². The third-order valence-electron chi connectivity index (χ3n) is 4.53. The number of carboxylic acids is 1. The maximum atomic E-state index is 10.6. The Morgan fingerprint density at radius 1 is 0.815 bits per heavy atom. The van der Waals surface area contributed by atoms with Crippen LogP contribution in [0.2, 0.25) is 0 Å². The smallest absolute Gasteiger partial charge is 0.303 e. The lowest BCUT2D eigenvalue weighted by Gasteiger charge is -2.06. The van der Waals surface area contributed by atoms with Crippen LogP contribution < -0.4 is 0 Å². The zero-order chi connectivity index (χ0) is 19.1. The highest BCUT2D eigenvalue weighted by atomic mass is 16.4. The molecule has 2 aromatic carbocycles. The average molecular weight is 360 g/mol. The Morgan fingerprint density at radius 3 is 1.93 bits per heavy atom. The predicted molar refractivity (Wildman–Crippen MR) is 107 cm³/mol. The molecule has 0 aliphatic heterocycles. The van der Waals surface area contributed by atoms with Gasteiger partial charge in [-0.3, -0.25) is 4.79 Å². The number of benzene rings is 2. The van der Waals surface area contributed by atoms with E-state index >= 15 is 0 Å². The van der Waals surface area contributed by atoms with Crippen LogP contribution in [0.1, 0.15) is 37.3 Å². The van der Waals surface area contributed by atoms with E-state index in [1.165, 1.54) is 5.56 Å². The monoisotopic (exact) mass is 360 g/mol. The maximum absolute atomic E-state index is 10.6. The summed E-state index contributed by atoms with van der Waals surface area (Å²) in [5, 5.41) is 8.72. The van der Waals surface area contributed by atoms with E-state index in [4.69, 9.17) is 5.11 Å². The van der Waals surface area contributed by atoms with E-state index in [9.17, 15) is 4.79 Å². The first-order valence-electron chi connectivity index (χ1n) is 9.38. The second-order valence-corrected chi connectivity index (χ2v) is 6.69. The average Bonchev–Trinajstić information content (AvgIpc) is 2.69. The van der Waals surface area contributed by atoms with Crippen molar-refractivity contribution >= 4 is 5.97 Å². The molecular weight excluding hydrogens is 336 g/mol. The van der Waals surface area contributed by atoms with Gasteiger partial charge >= 0.3 is 5.97 Å². The second kappa shape index (κ2) is 9.08. The number of rotatable bonds is 8. The molecule has 3 aromatic rings. The van der Waals surface area contributed by atoms with Gasteiger partial charge in [-0.1, -0.05) is 61.9 Å². The number of aryl methyl sites for hydroxylation is 2. The van der Waals surface area contributed by atoms with Crippen LogP contribution >= 0.6 is 0 Å². The van der Waals surface area contributed by atoms with Crippen LogP contribution in [0.3, 0.4) is 0 Å². The van der Waals surface area contributed by atoms with Gasteiger partial charge < -0.3 is 5.11 Å². The predicted octanol–water partition coefficient (Wildman–Crippen LogP) is 5.17. The molecule has 4 nitrogen and oxygen atoms in total. The summed E-state index contributed by atoms with van der Waals surface area (Å²) in [6, 6.07) is 16.6. The molecule has 27 heavy (non-hydrogen) atoms. The van der Waals surface area contributed by atoms with Crippen molar-refractivity contribution in [2.75, 3.05) is 0 Å². The number of aromatic nitrogens is 2. The van der Waals surface area contributed by atoms with Gasteiger partial charge in [0.25, 0.3) is 0 Å². The van der Waals surface area contributed by atoms with Gasteiger partial charge in [-0.05, 0) is 41.5 Å². The van der Waals surface area contributed by atoms with Crippen LogP contribution in [0.4, 0.5) is 0 Å². The molecule has 0 fully saturated rings. The van der Waals surface area contributed by atoms with Crippen molar-refractivity contribution in [3.63, 3.8) is 0 Å².